The van der Waals surface area contributed by atoms with Crippen LogP contribution in [-0.4, -0.2) is 51.0 Å². The topological polar surface area (TPSA) is 69.9 Å². The first kappa shape index (κ1) is 22.5. The van der Waals surface area contributed by atoms with Crippen molar-refractivity contribution in [1.82, 2.24) is 19.6 Å². The number of fused-ring (bicyclic) bond motifs is 2. The molecule has 0 spiro atoms. The zero-order chi connectivity index (χ0) is 23.2. The molecule has 0 bridgehead atoms. The van der Waals surface area contributed by atoms with E-state index in [1.165, 1.54) is 11.1 Å². The number of nitrogens with zero attached hydrogens (tertiary/aromatic N) is 3. The third-order valence-electron chi connectivity index (χ3n) is 5.28. The second kappa shape index (κ2) is 7.15. The maximum Gasteiger partial charge on any atom is 0.311 e. The SMILES string of the molecule is O=C(NC[C@H](O)CN1CCc2ccccc2C1)c1cn2cc(S(F)(F)(F)(F)F)ccc2n1. The smallest absolute Gasteiger partial charge is 0.311 e. The van der Waals surface area contributed by atoms with E-state index in [2.05, 4.69) is 21.3 Å². The third kappa shape index (κ3) is 5.03. The normalized spacial score (nSPS) is 17.9. The van der Waals surface area contributed by atoms with Gasteiger partial charge in [0.05, 0.1) is 6.10 Å². The largest absolute Gasteiger partial charge is 0.390 e. The Morgan fingerprint density at radius 3 is 2.53 bits per heavy atom. The molecule has 4 rings (SSSR count). The maximum absolute atomic E-state index is 13.0. The van der Waals surface area contributed by atoms with Crippen molar-refractivity contribution in [2.24, 2.45) is 0 Å². The lowest BCUT2D eigenvalue weighted by molar-refractivity contribution is 0.0838. The first-order chi connectivity index (χ1) is 14.8. The Morgan fingerprint density at radius 1 is 1.09 bits per heavy atom. The van der Waals surface area contributed by atoms with Gasteiger partial charge in [-0.3, -0.25) is 9.69 Å². The van der Waals surface area contributed by atoms with Gasteiger partial charge >= 0.3 is 10.2 Å². The Bertz CT molecular complexity index is 1180. The zero-order valence-electron chi connectivity index (χ0n) is 16.7. The predicted molar refractivity (Wildman–Crippen MR) is 110 cm³/mol. The molecule has 3 heterocycles. The average molecular weight is 476 g/mol. The lowest BCUT2D eigenvalue weighted by Crippen LogP contribution is -2.42. The number of pyridine rings is 1. The van der Waals surface area contributed by atoms with Gasteiger partial charge in [-0.15, -0.1) is 0 Å². The molecule has 0 radical (unpaired) electrons. The molecule has 6 nitrogen and oxygen atoms in total. The average Bonchev–Trinajstić information content (AvgIpc) is 3.14. The van der Waals surface area contributed by atoms with E-state index in [4.69, 9.17) is 0 Å². The number of nitrogens with one attached hydrogen (secondary N) is 1. The summed E-state index contributed by atoms with van der Waals surface area (Å²) in [4.78, 5) is 16.2. The van der Waals surface area contributed by atoms with Crippen molar-refractivity contribution in [2.45, 2.75) is 24.0 Å². The van der Waals surface area contributed by atoms with Crippen LogP contribution in [0.3, 0.4) is 0 Å². The highest BCUT2D eigenvalue weighted by molar-refractivity contribution is 8.45. The van der Waals surface area contributed by atoms with Crippen LogP contribution in [0.1, 0.15) is 21.6 Å². The van der Waals surface area contributed by atoms with Gasteiger partial charge in [-0.25, -0.2) is 4.98 Å². The molecule has 2 N–H and O–H groups in total. The number of amides is 1. The Labute approximate surface area is 180 Å². The van der Waals surface area contributed by atoms with Crippen molar-refractivity contribution in [1.29, 1.82) is 0 Å². The van der Waals surface area contributed by atoms with Crippen LogP contribution < -0.4 is 5.32 Å². The highest BCUT2D eigenvalue weighted by Crippen LogP contribution is 3.02. The summed E-state index contributed by atoms with van der Waals surface area (Å²) in [5.41, 5.74) is 2.12. The number of carbonyl (C=O) groups excluding carboxylic acids is 1. The summed E-state index contributed by atoms with van der Waals surface area (Å²) in [7, 11) is -9.84. The molecular formula is C20H21F5N4O2S. The number of benzene rings is 1. The van der Waals surface area contributed by atoms with Gasteiger partial charge in [0.15, 0.2) is 0 Å². The van der Waals surface area contributed by atoms with Gasteiger partial charge in [0.25, 0.3) is 5.91 Å². The molecule has 0 aliphatic carbocycles. The molecule has 0 saturated carbocycles. The van der Waals surface area contributed by atoms with Crippen LogP contribution in [0, 0.1) is 0 Å². The Hall–Kier alpha value is -2.70. The van der Waals surface area contributed by atoms with E-state index in [9.17, 15) is 29.3 Å². The number of β-amino-alcohol motifs (C(OH)–C–C–N with tert-alkyl or cyclic N) is 1. The summed E-state index contributed by atoms with van der Waals surface area (Å²) in [6.45, 7) is 1.68. The molecule has 1 aliphatic heterocycles. The number of aromatic nitrogens is 2. The number of halogens is 5. The molecule has 2 aromatic heterocycles. The lowest BCUT2D eigenvalue weighted by Gasteiger charge is -2.40. The Balaban J connectivity index is 1.37. The van der Waals surface area contributed by atoms with Crippen LogP contribution >= 0.6 is 10.2 Å². The number of hydrogen-bond acceptors (Lipinski definition) is 4. The van der Waals surface area contributed by atoms with Crippen LogP contribution in [0.25, 0.3) is 5.65 Å². The van der Waals surface area contributed by atoms with Crippen molar-refractivity contribution < 1.29 is 29.3 Å². The van der Waals surface area contributed by atoms with Gasteiger partial charge in [0.2, 0.25) is 0 Å². The minimum absolute atomic E-state index is 0.0896. The summed E-state index contributed by atoms with van der Waals surface area (Å²) in [5.74, 6) is -0.731. The number of imidazole rings is 1. The molecule has 0 saturated heterocycles. The number of rotatable bonds is 6. The van der Waals surface area contributed by atoms with E-state index in [0.717, 1.165) is 29.6 Å². The van der Waals surface area contributed by atoms with Crippen LogP contribution in [0.2, 0.25) is 0 Å². The van der Waals surface area contributed by atoms with Crippen LogP contribution in [0.5, 0.6) is 0 Å². The molecule has 174 valence electrons. The number of aliphatic hydroxyl groups is 1. The van der Waals surface area contributed by atoms with Crippen LogP contribution in [-0.2, 0) is 13.0 Å². The van der Waals surface area contributed by atoms with E-state index < -0.39 is 27.1 Å². The fraction of sp³-hybridized carbons (Fsp3) is 0.300. The van der Waals surface area contributed by atoms with E-state index in [-0.39, 0.29) is 30.1 Å². The van der Waals surface area contributed by atoms with Crippen molar-refractivity contribution in [3.8, 4) is 0 Å². The van der Waals surface area contributed by atoms with Gasteiger partial charge < -0.3 is 14.8 Å². The van der Waals surface area contributed by atoms with Crippen molar-refractivity contribution in [3.05, 3.63) is 65.6 Å². The van der Waals surface area contributed by atoms with Crippen molar-refractivity contribution >= 4 is 21.8 Å². The second-order valence-corrected chi connectivity index (χ2v) is 10.3. The minimum atomic E-state index is -9.84. The van der Waals surface area contributed by atoms with Gasteiger partial charge in [-0.1, -0.05) is 43.7 Å². The number of aliphatic hydroxyl groups excluding tert-OH is 1. The third-order valence-corrected chi connectivity index (χ3v) is 6.41. The Kier molecular flexibility index (Phi) is 5.03. The molecule has 0 fully saturated rings. The number of carbonyl (C=O) groups is 1. The summed E-state index contributed by atoms with van der Waals surface area (Å²) >= 11 is 0. The molecular weight excluding hydrogens is 455 g/mol. The Morgan fingerprint density at radius 2 is 1.81 bits per heavy atom. The predicted octanol–water partition coefficient (Wildman–Crippen LogP) is 4.14. The lowest BCUT2D eigenvalue weighted by atomic mass is 10.00. The van der Waals surface area contributed by atoms with E-state index in [1.807, 2.05) is 18.2 Å². The molecule has 12 heteroatoms. The first-order valence-electron chi connectivity index (χ1n) is 9.77. The summed E-state index contributed by atoms with van der Waals surface area (Å²) in [6.07, 6.45) is 1.13. The van der Waals surface area contributed by atoms with Gasteiger partial charge in [-0.2, -0.15) is 0 Å². The van der Waals surface area contributed by atoms with Gasteiger partial charge in [0, 0.05) is 38.6 Å². The highest BCUT2D eigenvalue weighted by Gasteiger charge is 2.65. The second-order valence-electron chi connectivity index (χ2n) is 7.84. The fourth-order valence-corrected chi connectivity index (χ4v) is 4.32. The quantitative estimate of drug-likeness (QED) is 0.525. The standard InChI is InChI=1S/C20H21F5N4O2S/c21-32(22,23,24,25)17-5-6-19-27-18(13-29(19)12-17)20(31)26-9-16(30)11-28-8-7-14-3-1-2-4-15(14)10-28/h1-6,12-13,16,30H,7-11H2,(H,26,31)/t16-/m0/s1. The molecule has 1 atom stereocenters. The molecule has 1 aliphatic rings. The molecule has 32 heavy (non-hydrogen) atoms. The first-order valence-corrected chi connectivity index (χ1v) is 11.7. The van der Waals surface area contributed by atoms with E-state index >= 15 is 0 Å². The zero-order valence-corrected chi connectivity index (χ0v) is 17.5. The highest BCUT2D eigenvalue weighted by atomic mass is 32.5. The number of hydrogen-bond donors (Lipinski definition) is 2. The van der Waals surface area contributed by atoms with Gasteiger partial charge in [-0.05, 0) is 29.7 Å². The minimum Gasteiger partial charge on any atom is -0.390 e. The summed E-state index contributed by atoms with van der Waals surface area (Å²) in [6, 6.07) is 9.04. The molecule has 0 unspecified atom stereocenters. The van der Waals surface area contributed by atoms with E-state index in [0.29, 0.717) is 13.1 Å². The van der Waals surface area contributed by atoms with Crippen molar-refractivity contribution in [3.63, 3.8) is 0 Å². The van der Waals surface area contributed by atoms with E-state index in [1.54, 1.807) is 0 Å². The molecule has 1 amide bonds. The molecule has 3 aromatic rings. The summed E-state index contributed by atoms with van der Waals surface area (Å²) < 4.78 is 65.6. The van der Waals surface area contributed by atoms with Crippen LogP contribution in [0.15, 0.2) is 53.7 Å². The molecule has 1 aromatic carbocycles. The maximum atomic E-state index is 13.0. The van der Waals surface area contributed by atoms with Crippen molar-refractivity contribution in [2.75, 3.05) is 19.6 Å². The van der Waals surface area contributed by atoms with Crippen LogP contribution in [0.4, 0.5) is 19.4 Å². The van der Waals surface area contributed by atoms with Gasteiger partial charge in [0.1, 0.15) is 16.2 Å². The summed E-state index contributed by atoms with van der Waals surface area (Å²) in [5, 5.41) is 12.8. The monoisotopic (exact) mass is 476 g/mol. The fourth-order valence-electron chi connectivity index (χ4n) is 3.68.